The van der Waals surface area contributed by atoms with Gasteiger partial charge in [0, 0.05) is 17.7 Å². The van der Waals surface area contributed by atoms with E-state index in [4.69, 9.17) is 11.5 Å². The second-order valence-electron chi connectivity index (χ2n) is 2.37. The molecule has 1 amide bonds. The fourth-order valence-electron chi connectivity index (χ4n) is 0.884. The molecule has 3 nitrogen and oxygen atoms in total. The minimum atomic E-state index is -0.579. The minimum absolute atomic E-state index is 0.0625. The van der Waals surface area contributed by atoms with Crippen LogP contribution in [-0.2, 0) is 6.54 Å². The standard InChI is InChI=1S/C8H9FN2O/c9-7-2-1-5(8(11)12)3-6(7)4-10/h1-3H,4,10H2,(H2,11,12). The molecule has 0 aromatic heterocycles. The van der Waals surface area contributed by atoms with Gasteiger partial charge >= 0.3 is 0 Å². The van der Waals surface area contributed by atoms with Gasteiger partial charge in [-0.3, -0.25) is 4.79 Å². The lowest BCUT2D eigenvalue weighted by Crippen LogP contribution is -2.12. The van der Waals surface area contributed by atoms with E-state index >= 15 is 0 Å². The van der Waals surface area contributed by atoms with Gasteiger partial charge in [0.1, 0.15) is 5.82 Å². The first-order valence-corrected chi connectivity index (χ1v) is 3.43. The van der Waals surface area contributed by atoms with Crippen LogP contribution in [0.4, 0.5) is 4.39 Å². The minimum Gasteiger partial charge on any atom is -0.366 e. The third-order valence-electron chi connectivity index (χ3n) is 1.55. The van der Waals surface area contributed by atoms with Crippen LogP contribution in [0.25, 0.3) is 0 Å². The summed E-state index contributed by atoms with van der Waals surface area (Å²) in [6.07, 6.45) is 0. The number of hydrogen-bond donors (Lipinski definition) is 2. The van der Waals surface area contributed by atoms with E-state index in [2.05, 4.69) is 0 Å². The SMILES string of the molecule is NCc1cc(C(N)=O)ccc1F. The van der Waals surface area contributed by atoms with Gasteiger partial charge in [-0.15, -0.1) is 0 Å². The van der Waals surface area contributed by atoms with Crippen molar-refractivity contribution in [3.8, 4) is 0 Å². The number of carbonyl (C=O) groups excluding carboxylic acids is 1. The average molecular weight is 168 g/mol. The second-order valence-corrected chi connectivity index (χ2v) is 2.37. The van der Waals surface area contributed by atoms with Crippen LogP contribution in [0.2, 0.25) is 0 Å². The summed E-state index contributed by atoms with van der Waals surface area (Å²) in [6, 6.07) is 3.87. The molecule has 0 aliphatic heterocycles. The van der Waals surface area contributed by atoms with Crippen molar-refractivity contribution in [3.63, 3.8) is 0 Å². The summed E-state index contributed by atoms with van der Waals surface area (Å²) in [7, 11) is 0. The van der Waals surface area contributed by atoms with E-state index in [9.17, 15) is 9.18 Å². The van der Waals surface area contributed by atoms with Crippen LogP contribution in [0.15, 0.2) is 18.2 Å². The molecule has 0 aliphatic rings. The number of halogens is 1. The number of nitrogens with two attached hydrogens (primary N) is 2. The van der Waals surface area contributed by atoms with Crippen molar-refractivity contribution in [1.82, 2.24) is 0 Å². The highest BCUT2D eigenvalue weighted by molar-refractivity contribution is 5.92. The van der Waals surface area contributed by atoms with E-state index in [1.807, 2.05) is 0 Å². The fourth-order valence-corrected chi connectivity index (χ4v) is 0.884. The smallest absolute Gasteiger partial charge is 0.248 e. The van der Waals surface area contributed by atoms with Crippen LogP contribution in [0.1, 0.15) is 15.9 Å². The number of benzene rings is 1. The van der Waals surface area contributed by atoms with Gasteiger partial charge in [0.25, 0.3) is 0 Å². The predicted molar refractivity (Wildman–Crippen MR) is 42.8 cm³/mol. The van der Waals surface area contributed by atoms with Crippen molar-refractivity contribution in [1.29, 1.82) is 0 Å². The highest BCUT2D eigenvalue weighted by Gasteiger charge is 2.04. The molecule has 1 aromatic carbocycles. The molecular formula is C8H9FN2O. The Hall–Kier alpha value is -1.42. The number of rotatable bonds is 2. The Labute approximate surface area is 69.2 Å². The summed E-state index contributed by atoms with van der Waals surface area (Å²) in [6.45, 7) is 0.0625. The van der Waals surface area contributed by atoms with Crippen LogP contribution in [0.3, 0.4) is 0 Å². The Kier molecular flexibility index (Phi) is 2.40. The Morgan fingerprint density at radius 1 is 1.50 bits per heavy atom. The third kappa shape index (κ3) is 1.60. The van der Waals surface area contributed by atoms with E-state index in [-0.39, 0.29) is 12.1 Å². The van der Waals surface area contributed by atoms with Gasteiger partial charge in [-0.25, -0.2) is 4.39 Å². The normalized spacial score (nSPS) is 9.83. The summed E-state index contributed by atoms with van der Waals surface area (Å²) in [5.74, 6) is -0.993. The van der Waals surface area contributed by atoms with Crippen molar-refractivity contribution in [2.24, 2.45) is 11.5 Å². The van der Waals surface area contributed by atoms with Crippen LogP contribution >= 0.6 is 0 Å². The lowest BCUT2D eigenvalue weighted by Gasteiger charge is -2.00. The van der Waals surface area contributed by atoms with E-state index in [0.717, 1.165) is 0 Å². The van der Waals surface area contributed by atoms with Crippen molar-refractivity contribution >= 4 is 5.91 Å². The van der Waals surface area contributed by atoms with Crippen LogP contribution in [-0.4, -0.2) is 5.91 Å². The zero-order valence-corrected chi connectivity index (χ0v) is 6.38. The Balaban J connectivity index is 3.13. The summed E-state index contributed by atoms with van der Waals surface area (Å²) < 4.78 is 12.8. The topological polar surface area (TPSA) is 69.1 Å². The second kappa shape index (κ2) is 3.32. The highest BCUT2D eigenvalue weighted by atomic mass is 19.1. The first-order valence-electron chi connectivity index (χ1n) is 3.43. The first kappa shape index (κ1) is 8.67. The maximum absolute atomic E-state index is 12.8. The van der Waals surface area contributed by atoms with Gasteiger partial charge in [0.05, 0.1) is 0 Å². The van der Waals surface area contributed by atoms with Crippen molar-refractivity contribution in [3.05, 3.63) is 35.1 Å². The van der Waals surface area contributed by atoms with Crippen LogP contribution in [0.5, 0.6) is 0 Å². The Morgan fingerprint density at radius 3 is 2.67 bits per heavy atom. The fraction of sp³-hybridized carbons (Fsp3) is 0.125. The Bertz CT molecular complexity index is 312. The molecule has 4 N–H and O–H groups in total. The number of primary amides is 1. The molecule has 4 heteroatoms. The lowest BCUT2D eigenvalue weighted by molar-refractivity contribution is 0.1000. The predicted octanol–water partition coefficient (Wildman–Crippen LogP) is 0.383. The van der Waals surface area contributed by atoms with Gasteiger partial charge in [-0.05, 0) is 18.2 Å². The van der Waals surface area contributed by atoms with Crippen molar-refractivity contribution in [2.45, 2.75) is 6.54 Å². The lowest BCUT2D eigenvalue weighted by atomic mass is 10.1. The molecule has 0 bridgehead atoms. The van der Waals surface area contributed by atoms with Gasteiger partial charge < -0.3 is 11.5 Å². The van der Waals surface area contributed by atoms with Gasteiger partial charge in [0.15, 0.2) is 0 Å². The van der Waals surface area contributed by atoms with Crippen LogP contribution in [0, 0.1) is 5.82 Å². The van der Waals surface area contributed by atoms with Gasteiger partial charge in [0.2, 0.25) is 5.91 Å². The molecule has 1 rings (SSSR count). The largest absolute Gasteiger partial charge is 0.366 e. The molecule has 0 aliphatic carbocycles. The maximum Gasteiger partial charge on any atom is 0.248 e. The number of carbonyl (C=O) groups is 1. The third-order valence-corrected chi connectivity index (χ3v) is 1.55. The monoisotopic (exact) mass is 168 g/mol. The molecule has 0 spiro atoms. The molecule has 0 fully saturated rings. The molecule has 1 aromatic rings. The molecule has 64 valence electrons. The van der Waals surface area contributed by atoms with Crippen molar-refractivity contribution < 1.29 is 9.18 Å². The van der Waals surface area contributed by atoms with E-state index in [1.54, 1.807) is 0 Å². The number of hydrogen-bond acceptors (Lipinski definition) is 2. The van der Waals surface area contributed by atoms with E-state index in [1.165, 1.54) is 18.2 Å². The van der Waals surface area contributed by atoms with E-state index < -0.39 is 11.7 Å². The van der Waals surface area contributed by atoms with Gasteiger partial charge in [-0.2, -0.15) is 0 Å². The molecule has 0 unspecified atom stereocenters. The zero-order chi connectivity index (χ0) is 9.14. The molecule has 0 radical (unpaired) electrons. The van der Waals surface area contributed by atoms with E-state index in [0.29, 0.717) is 5.56 Å². The number of amides is 1. The molecule has 0 atom stereocenters. The molecule has 12 heavy (non-hydrogen) atoms. The molecule has 0 saturated heterocycles. The average Bonchev–Trinajstić information content (AvgIpc) is 2.05. The first-order chi connectivity index (χ1) is 5.65. The summed E-state index contributed by atoms with van der Waals surface area (Å²) in [5.41, 5.74) is 10.8. The maximum atomic E-state index is 12.8. The highest BCUT2D eigenvalue weighted by Crippen LogP contribution is 2.09. The quantitative estimate of drug-likeness (QED) is 0.670. The summed E-state index contributed by atoms with van der Waals surface area (Å²) in [4.78, 5) is 10.6. The van der Waals surface area contributed by atoms with Gasteiger partial charge in [-0.1, -0.05) is 0 Å². The summed E-state index contributed by atoms with van der Waals surface area (Å²) in [5, 5.41) is 0. The summed E-state index contributed by atoms with van der Waals surface area (Å²) >= 11 is 0. The Morgan fingerprint density at radius 2 is 2.17 bits per heavy atom. The van der Waals surface area contributed by atoms with Crippen molar-refractivity contribution in [2.75, 3.05) is 0 Å². The molecule has 0 heterocycles. The zero-order valence-electron chi connectivity index (χ0n) is 6.38. The molecular weight excluding hydrogens is 159 g/mol. The van der Waals surface area contributed by atoms with Crippen LogP contribution < -0.4 is 11.5 Å². The molecule has 0 saturated carbocycles.